The average Bonchev–Trinajstić information content (AvgIpc) is 2.90. The number of carbonyl (C=O) groups is 1. The summed E-state index contributed by atoms with van der Waals surface area (Å²) < 4.78 is 0. The maximum Gasteiger partial charge on any atom is 0.253 e. The van der Waals surface area contributed by atoms with Gasteiger partial charge in [-0.2, -0.15) is 0 Å². The number of fused-ring (bicyclic) bond motifs is 1. The Morgan fingerprint density at radius 2 is 2.09 bits per heavy atom. The molecule has 1 amide bonds. The van der Waals surface area contributed by atoms with Gasteiger partial charge in [-0.15, -0.1) is 11.3 Å². The number of nitrogens with one attached hydrogen (secondary N) is 2. The molecule has 3 rings (SSSR count). The van der Waals surface area contributed by atoms with Crippen molar-refractivity contribution in [2.75, 3.05) is 0 Å². The Balaban J connectivity index is 1.76. The van der Waals surface area contributed by atoms with Crippen LogP contribution >= 0.6 is 11.3 Å². The molecule has 5 heteroatoms. The van der Waals surface area contributed by atoms with Gasteiger partial charge in [0.15, 0.2) is 0 Å². The monoisotopic (exact) mass is 316 g/mol. The fraction of sp³-hybridized carbons (Fsp3) is 0.412. The predicted octanol–water partition coefficient (Wildman–Crippen LogP) is 2.86. The van der Waals surface area contributed by atoms with Crippen LogP contribution in [0.25, 0.3) is 0 Å². The van der Waals surface area contributed by atoms with Crippen LogP contribution in [-0.4, -0.2) is 10.9 Å². The van der Waals surface area contributed by atoms with Gasteiger partial charge < -0.3 is 10.3 Å². The summed E-state index contributed by atoms with van der Waals surface area (Å²) in [6, 6.07) is 1.93. The molecule has 116 valence electrons. The highest BCUT2D eigenvalue weighted by molar-refractivity contribution is 7.10. The minimum Gasteiger partial charge on any atom is -0.348 e. The van der Waals surface area contributed by atoms with E-state index >= 15 is 0 Å². The number of aromatic amines is 1. The van der Waals surface area contributed by atoms with E-state index in [-0.39, 0.29) is 18.0 Å². The third-order valence-corrected chi connectivity index (χ3v) is 5.31. The van der Waals surface area contributed by atoms with Crippen molar-refractivity contribution in [1.29, 1.82) is 0 Å². The van der Waals surface area contributed by atoms with E-state index in [1.54, 1.807) is 11.3 Å². The highest BCUT2D eigenvalue weighted by atomic mass is 32.1. The molecule has 0 aromatic carbocycles. The minimum absolute atomic E-state index is 0.0706. The smallest absolute Gasteiger partial charge is 0.253 e. The molecule has 2 N–H and O–H groups in total. The lowest BCUT2D eigenvalue weighted by molar-refractivity contribution is 0.0950. The first-order valence-corrected chi connectivity index (χ1v) is 8.51. The van der Waals surface area contributed by atoms with Gasteiger partial charge in [0, 0.05) is 28.1 Å². The number of hydrogen-bond acceptors (Lipinski definition) is 3. The molecule has 2 heterocycles. The van der Waals surface area contributed by atoms with E-state index in [1.165, 1.54) is 16.9 Å². The van der Waals surface area contributed by atoms with Crippen LogP contribution in [0.5, 0.6) is 0 Å². The van der Waals surface area contributed by atoms with E-state index in [1.807, 2.05) is 25.3 Å². The molecule has 0 fully saturated rings. The van der Waals surface area contributed by atoms with Crippen molar-refractivity contribution in [2.24, 2.45) is 0 Å². The maximum atomic E-state index is 12.4. The number of H-pyrrole nitrogens is 1. The maximum absolute atomic E-state index is 12.4. The number of amides is 1. The highest BCUT2D eigenvalue weighted by Crippen LogP contribution is 2.30. The molecule has 2 aromatic rings. The molecule has 0 radical (unpaired) electrons. The van der Waals surface area contributed by atoms with Crippen molar-refractivity contribution in [1.82, 2.24) is 10.3 Å². The summed E-state index contributed by atoms with van der Waals surface area (Å²) in [7, 11) is 0. The number of aromatic nitrogens is 1. The molecule has 4 nitrogen and oxygen atoms in total. The third-order valence-electron chi connectivity index (χ3n) is 4.23. The molecule has 2 aromatic heterocycles. The van der Waals surface area contributed by atoms with Crippen LogP contribution in [0.1, 0.15) is 50.5 Å². The van der Waals surface area contributed by atoms with E-state index in [9.17, 15) is 9.59 Å². The molecule has 0 unspecified atom stereocenters. The van der Waals surface area contributed by atoms with Crippen molar-refractivity contribution in [3.63, 3.8) is 0 Å². The average molecular weight is 316 g/mol. The second-order valence-electron chi connectivity index (χ2n) is 5.88. The summed E-state index contributed by atoms with van der Waals surface area (Å²) >= 11 is 1.68. The fourth-order valence-electron chi connectivity index (χ4n) is 3.05. The van der Waals surface area contributed by atoms with E-state index < -0.39 is 0 Å². The summed E-state index contributed by atoms with van der Waals surface area (Å²) in [6.07, 6.45) is 4.45. The fourth-order valence-corrected chi connectivity index (χ4v) is 4.18. The van der Waals surface area contributed by atoms with E-state index in [0.29, 0.717) is 5.56 Å². The van der Waals surface area contributed by atoms with Gasteiger partial charge in [-0.05, 0) is 56.7 Å². The standard InChI is InChI=1S/C17H20N2O2S/c1-10-7-11(2)19-17(21)13(10)8-18-16(20)14-9-22-15-6-4-3-5-12(14)15/h7,9H,3-6,8H2,1-2H3,(H,18,20)(H,19,21). The third kappa shape index (κ3) is 2.86. The minimum atomic E-state index is -0.120. The summed E-state index contributed by atoms with van der Waals surface area (Å²) in [5.41, 5.74) is 4.26. The van der Waals surface area contributed by atoms with Gasteiger partial charge in [-0.25, -0.2) is 0 Å². The van der Waals surface area contributed by atoms with Gasteiger partial charge in [0.2, 0.25) is 0 Å². The van der Waals surface area contributed by atoms with Crippen LogP contribution in [-0.2, 0) is 19.4 Å². The van der Waals surface area contributed by atoms with E-state index in [4.69, 9.17) is 0 Å². The lowest BCUT2D eigenvalue weighted by atomic mass is 9.95. The molecule has 0 aliphatic heterocycles. The van der Waals surface area contributed by atoms with Gasteiger partial charge in [0.1, 0.15) is 0 Å². The Labute approximate surface area is 133 Å². The van der Waals surface area contributed by atoms with Gasteiger partial charge >= 0.3 is 0 Å². The zero-order valence-electron chi connectivity index (χ0n) is 12.9. The number of pyridine rings is 1. The lowest BCUT2D eigenvalue weighted by Crippen LogP contribution is -2.28. The summed E-state index contributed by atoms with van der Waals surface area (Å²) in [6.45, 7) is 4.02. The molecule has 0 atom stereocenters. The van der Waals surface area contributed by atoms with Crippen LogP contribution in [0.3, 0.4) is 0 Å². The number of hydrogen-bond donors (Lipinski definition) is 2. The Morgan fingerprint density at radius 3 is 2.86 bits per heavy atom. The molecule has 22 heavy (non-hydrogen) atoms. The van der Waals surface area contributed by atoms with Crippen LogP contribution in [0.2, 0.25) is 0 Å². The van der Waals surface area contributed by atoms with Crippen LogP contribution in [0, 0.1) is 13.8 Å². The molecular formula is C17H20N2O2S. The molecule has 0 bridgehead atoms. The molecule has 0 spiro atoms. The summed E-state index contributed by atoms with van der Waals surface area (Å²) in [5, 5.41) is 4.86. The lowest BCUT2D eigenvalue weighted by Gasteiger charge is -2.13. The largest absolute Gasteiger partial charge is 0.348 e. The molecule has 0 saturated carbocycles. The second-order valence-corrected chi connectivity index (χ2v) is 6.85. The second kappa shape index (κ2) is 6.08. The zero-order valence-corrected chi connectivity index (χ0v) is 13.7. The summed E-state index contributed by atoms with van der Waals surface area (Å²) in [5.74, 6) is -0.0706. The van der Waals surface area contributed by atoms with Crippen molar-refractivity contribution >= 4 is 17.2 Å². The highest BCUT2D eigenvalue weighted by Gasteiger charge is 2.20. The van der Waals surface area contributed by atoms with Crippen molar-refractivity contribution in [3.8, 4) is 0 Å². The zero-order chi connectivity index (χ0) is 15.7. The molecule has 0 saturated heterocycles. The van der Waals surface area contributed by atoms with Gasteiger partial charge in [-0.1, -0.05) is 0 Å². The Hall–Kier alpha value is -1.88. The predicted molar refractivity (Wildman–Crippen MR) is 88.7 cm³/mol. The first kappa shape index (κ1) is 15.0. The van der Waals surface area contributed by atoms with Crippen molar-refractivity contribution in [2.45, 2.75) is 46.1 Å². The first-order valence-electron chi connectivity index (χ1n) is 7.63. The summed E-state index contributed by atoms with van der Waals surface area (Å²) in [4.78, 5) is 28.5. The number of aryl methyl sites for hydroxylation is 3. The van der Waals surface area contributed by atoms with Gasteiger partial charge in [0.05, 0.1) is 5.56 Å². The Kier molecular flexibility index (Phi) is 4.16. The van der Waals surface area contributed by atoms with Crippen LogP contribution in [0.15, 0.2) is 16.2 Å². The SMILES string of the molecule is Cc1cc(C)c(CNC(=O)c2csc3c2CCCC3)c(=O)[nH]1. The van der Waals surface area contributed by atoms with Gasteiger partial charge in [-0.3, -0.25) is 9.59 Å². The quantitative estimate of drug-likeness (QED) is 0.914. The molecule has 1 aliphatic carbocycles. The Bertz CT molecular complexity index is 773. The van der Waals surface area contributed by atoms with E-state index in [0.717, 1.165) is 36.1 Å². The number of carbonyl (C=O) groups excluding carboxylic acids is 1. The van der Waals surface area contributed by atoms with Crippen molar-refractivity contribution < 1.29 is 4.79 Å². The normalized spacial score (nSPS) is 13.7. The van der Waals surface area contributed by atoms with Crippen molar-refractivity contribution in [3.05, 3.63) is 54.6 Å². The number of rotatable bonds is 3. The Morgan fingerprint density at radius 1 is 1.32 bits per heavy atom. The molecule has 1 aliphatic rings. The molecular weight excluding hydrogens is 296 g/mol. The first-order chi connectivity index (χ1) is 10.6. The number of thiophene rings is 1. The van der Waals surface area contributed by atoms with E-state index in [2.05, 4.69) is 10.3 Å². The topological polar surface area (TPSA) is 62.0 Å². The van der Waals surface area contributed by atoms with Crippen LogP contribution < -0.4 is 10.9 Å². The van der Waals surface area contributed by atoms with Gasteiger partial charge in [0.25, 0.3) is 11.5 Å². The van der Waals surface area contributed by atoms with Crippen LogP contribution in [0.4, 0.5) is 0 Å².